The summed E-state index contributed by atoms with van der Waals surface area (Å²) in [6.45, 7) is 6.12. The zero-order valence-corrected chi connectivity index (χ0v) is 12.8. The first kappa shape index (κ1) is 14.6. The monoisotopic (exact) mass is 272 g/mol. The molecule has 0 fully saturated rings. The Bertz CT molecular complexity index is 547. The molecule has 2 aromatic rings. The minimum atomic E-state index is 0.347. The second-order valence-corrected chi connectivity index (χ2v) is 5.15. The van der Waals surface area contributed by atoms with Crippen molar-refractivity contribution in [2.75, 3.05) is 18.5 Å². The van der Waals surface area contributed by atoms with Crippen molar-refractivity contribution >= 4 is 5.69 Å². The van der Waals surface area contributed by atoms with Crippen LogP contribution in [0.25, 0.3) is 0 Å². The average molecular weight is 272 g/mol. The molecule has 108 valence electrons. The van der Waals surface area contributed by atoms with E-state index >= 15 is 0 Å². The van der Waals surface area contributed by atoms with Crippen LogP contribution in [-0.4, -0.2) is 23.1 Å². The molecule has 1 atom stereocenters. The number of aryl methyl sites for hydroxylation is 1. The minimum Gasteiger partial charge on any atom is -0.367 e. The molecule has 0 aliphatic rings. The third-order valence-electron chi connectivity index (χ3n) is 3.62. The molecule has 1 aromatic carbocycles. The Morgan fingerprint density at radius 3 is 2.75 bits per heavy atom. The van der Waals surface area contributed by atoms with E-state index in [4.69, 9.17) is 0 Å². The van der Waals surface area contributed by atoms with E-state index in [-0.39, 0.29) is 0 Å². The van der Waals surface area contributed by atoms with Crippen molar-refractivity contribution in [3.05, 3.63) is 48.0 Å². The number of benzene rings is 1. The summed E-state index contributed by atoms with van der Waals surface area (Å²) in [7, 11) is 4.15. The van der Waals surface area contributed by atoms with Gasteiger partial charge in [-0.3, -0.25) is 0 Å². The normalized spacial score (nSPS) is 12.4. The van der Waals surface area contributed by atoms with Gasteiger partial charge in [-0.15, -0.1) is 0 Å². The largest absolute Gasteiger partial charge is 0.367 e. The Kier molecular flexibility index (Phi) is 4.79. The van der Waals surface area contributed by atoms with Gasteiger partial charge in [-0.05, 0) is 25.1 Å². The van der Waals surface area contributed by atoms with Gasteiger partial charge in [0.25, 0.3) is 0 Å². The summed E-state index contributed by atoms with van der Waals surface area (Å²) in [6, 6.07) is 8.90. The lowest BCUT2D eigenvalue weighted by Crippen LogP contribution is -2.24. The predicted molar refractivity (Wildman–Crippen MR) is 83.8 cm³/mol. The highest BCUT2D eigenvalue weighted by Crippen LogP contribution is 2.26. The molecule has 0 bridgehead atoms. The van der Waals surface area contributed by atoms with Crippen LogP contribution in [0.3, 0.4) is 0 Å². The second kappa shape index (κ2) is 6.57. The molecule has 2 rings (SSSR count). The van der Waals surface area contributed by atoms with E-state index in [0.717, 1.165) is 18.9 Å². The van der Waals surface area contributed by atoms with Crippen LogP contribution in [0.4, 0.5) is 5.69 Å². The smallest absolute Gasteiger partial charge is 0.127 e. The summed E-state index contributed by atoms with van der Waals surface area (Å²) in [5.41, 5.74) is 2.58. The molecular formula is C16H24N4. The molecule has 0 saturated heterocycles. The van der Waals surface area contributed by atoms with Crippen LogP contribution < -0.4 is 10.2 Å². The highest BCUT2D eigenvalue weighted by molar-refractivity contribution is 5.54. The fourth-order valence-electron chi connectivity index (χ4n) is 2.46. The maximum atomic E-state index is 4.40. The van der Waals surface area contributed by atoms with Crippen molar-refractivity contribution in [1.29, 1.82) is 0 Å². The Labute approximate surface area is 121 Å². The topological polar surface area (TPSA) is 33.1 Å². The van der Waals surface area contributed by atoms with Gasteiger partial charge in [0.2, 0.25) is 0 Å². The van der Waals surface area contributed by atoms with E-state index in [0.29, 0.717) is 6.04 Å². The summed E-state index contributed by atoms with van der Waals surface area (Å²) in [5, 5.41) is 3.48. The third-order valence-corrected chi connectivity index (χ3v) is 3.62. The quantitative estimate of drug-likeness (QED) is 0.877. The molecule has 0 aliphatic carbocycles. The summed E-state index contributed by atoms with van der Waals surface area (Å²) < 4.78 is 2.06. The van der Waals surface area contributed by atoms with E-state index in [1.165, 1.54) is 11.3 Å². The molecule has 4 heteroatoms. The van der Waals surface area contributed by atoms with E-state index in [9.17, 15) is 0 Å². The van der Waals surface area contributed by atoms with Crippen LogP contribution >= 0.6 is 0 Å². The molecular weight excluding hydrogens is 248 g/mol. The molecule has 0 radical (unpaired) electrons. The minimum absolute atomic E-state index is 0.347. The van der Waals surface area contributed by atoms with Gasteiger partial charge < -0.3 is 14.8 Å². The fourth-order valence-corrected chi connectivity index (χ4v) is 2.46. The third kappa shape index (κ3) is 3.20. The molecule has 20 heavy (non-hydrogen) atoms. The summed E-state index contributed by atoms with van der Waals surface area (Å²) >= 11 is 0. The molecule has 1 N–H and O–H groups in total. The standard InChI is InChI=1S/C16H24N4/c1-5-17-13(2)14-8-6-7-9-15(14)20(4)12-16-18-10-11-19(16)3/h6-11,13,17H,5,12H2,1-4H3. The van der Waals surface area contributed by atoms with E-state index in [1.54, 1.807) is 0 Å². The van der Waals surface area contributed by atoms with Crippen LogP contribution in [0.1, 0.15) is 31.3 Å². The van der Waals surface area contributed by atoms with Crippen molar-refractivity contribution in [2.24, 2.45) is 7.05 Å². The molecule has 0 amide bonds. The van der Waals surface area contributed by atoms with Crippen LogP contribution in [0.2, 0.25) is 0 Å². The first-order valence-electron chi connectivity index (χ1n) is 7.13. The number of anilines is 1. The lowest BCUT2D eigenvalue weighted by molar-refractivity contribution is 0.596. The van der Waals surface area contributed by atoms with Crippen LogP contribution in [0.15, 0.2) is 36.7 Å². The second-order valence-electron chi connectivity index (χ2n) is 5.15. The highest BCUT2D eigenvalue weighted by Gasteiger charge is 2.13. The molecule has 4 nitrogen and oxygen atoms in total. The number of aromatic nitrogens is 2. The van der Waals surface area contributed by atoms with Crippen molar-refractivity contribution in [2.45, 2.75) is 26.4 Å². The molecule has 1 unspecified atom stereocenters. The molecule has 0 aliphatic heterocycles. The average Bonchev–Trinajstić information content (AvgIpc) is 2.84. The molecule has 0 saturated carbocycles. The number of nitrogens with one attached hydrogen (secondary N) is 1. The van der Waals surface area contributed by atoms with E-state index < -0.39 is 0 Å². The number of imidazole rings is 1. The van der Waals surface area contributed by atoms with Crippen molar-refractivity contribution in [3.8, 4) is 0 Å². The van der Waals surface area contributed by atoms with E-state index in [2.05, 4.69) is 64.9 Å². The zero-order valence-electron chi connectivity index (χ0n) is 12.8. The summed E-state index contributed by atoms with van der Waals surface area (Å²) in [5.74, 6) is 1.07. The first-order valence-corrected chi connectivity index (χ1v) is 7.13. The van der Waals surface area contributed by atoms with Crippen molar-refractivity contribution < 1.29 is 0 Å². The predicted octanol–water partition coefficient (Wildman–Crippen LogP) is 2.73. The van der Waals surface area contributed by atoms with Gasteiger partial charge in [-0.2, -0.15) is 0 Å². The Balaban J connectivity index is 2.21. The number of hydrogen-bond donors (Lipinski definition) is 1. The lowest BCUT2D eigenvalue weighted by atomic mass is 10.1. The SMILES string of the molecule is CCNC(C)c1ccccc1N(C)Cc1nccn1C. The van der Waals surface area contributed by atoms with Crippen LogP contribution in [-0.2, 0) is 13.6 Å². The number of rotatable bonds is 6. The summed E-state index contributed by atoms with van der Waals surface area (Å²) in [4.78, 5) is 6.65. The van der Waals surface area contributed by atoms with Crippen molar-refractivity contribution in [1.82, 2.24) is 14.9 Å². The number of para-hydroxylation sites is 1. The van der Waals surface area contributed by atoms with Gasteiger partial charge in [0.15, 0.2) is 0 Å². The van der Waals surface area contributed by atoms with Gasteiger partial charge in [0.05, 0.1) is 6.54 Å². The summed E-state index contributed by atoms with van der Waals surface area (Å²) in [6.07, 6.45) is 3.83. The van der Waals surface area contributed by atoms with Gasteiger partial charge in [0, 0.05) is 38.2 Å². The number of nitrogens with zero attached hydrogens (tertiary/aromatic N) is 3. The van der Waals surface area contributed by atoms with Crippen LogP contribution in [0, 0.1) is 0 Å². The maximum absolute atomic E-state index is 4.40. The Morgan fingerprint density at radius 2 is 2.10 bits per heavy atom. The van der Waals surface area contributed by atoms with Crippen molar-refractivity contribution in [3.63, 3.8) is 0 Å². The van der Waals surface area contributed by atoms with Gasteiger partial charge >= 0.3 is 0 Å². The van der Waals surface area contributed by atoms with Crippen LogP contribution in [0.5, 0.6) is 0 Å². The molecule has 0 spiro atoms. The van der Waals surface area contributed by atoms with Gasteiger partial charge in [0.1, 0.15) is 5.82 Å². The fraction of sp³-hybridized carbons (Fsp3) is 0.438. The maximum Gasteiger partial charge on any atom is 0.127 e. The Morgan fingerprint density at radius 1 is 1.35 bits per heavy atom. The number of hydrogen-bond acceptors (Lipinski definition) is 3. The van der Waals surface area contributed by atoms with Gasteiger partial charge in [-0.25, -0.2) is 4.98 Å². The zero-order chi connectivity index (χ0) is 14.5. The van der Waals surface area contributed by atoms with E-state index in [1.807, 2.05) is 19.4 Å². The molecule has 1 heterocycles. The lowest BCUT2D eigenvalue weighted by Gasteiger charge is -2.25. The highest BCUT2D eigenvalue weighted by atomic mass is 15.2. The Hall–Kier alpha value is -1.81. The van der Waals surface area contributed by atoms with Gasteiger partial charge in [-0.1, -0.05) is 25.1 Å². The first-order chi connectivity index (χ1) is 9.63. The molecule has 1 aromatic heterocycles.